The molecule has 0 fully saturated rings. The Morgan fingerprint density at radius 2 is 1.29 bits per heavy atom. The predicted octanol–water partition coefficient (Wildman–Crippen LogP) is 11.0. The molecule has 0 saturated heterocycles. The van der Waals surface area contributed by atoms with Crippen LogP contribution >= 0.6 is 0 Å². The fourth-order valence-electron chi connectivity index (χ4n) is 7.03. The van der Waals surface area contributed by atoms with Gasteiger partial charge >= 0.3 is 0 Å². The number of imidazole rings is 1. The number of benzene rings is 3. The van der Waals surface area contributed by atoms with Crippen molar-refractivity contribution in [3.8, 4) is 11.3 Å². The van der Waals surface area contributed by atoms with Gasteiger partial charge in [0.15, 0.2) is 0 Å². The summed E-state index contributed by atoms with van der Waals surface area (Å²) in [5, 5.41) is 0. The van der Waals surface area contributed by atoms with Crippen LogP contribution in [0.5, 0.6) is 0 Å². The van der Waals surface area contributed by atoms with E-state index in [0.29, 0.717) is 0 Å². The zero-order valence-electron chi connectivity index (χ0n) is 34.8. The van der Waals surface area contributed by atoms with Crippen LogP contribution in [-0.2, 0) is 30.9 Å². The number of hydrogen-bond donors (Lipinski definition) is 0. The molecule has 0 aliphatic carbocycles. The van der Waals surface area contributed by atoms with Gasteiger partial charge in [0.05, 0.1) is 11.4 Å². The minimum absolute atomic E-state index is 0. The molecule has 2 aromatic heterocycles. The topological polar surface area (TPSA) is 43.2 Å². The normalized spacial score (nSPS) is 14.9. The first-order valence-electron chi connectivity index (χ1n) is 19.2. The Morgan fingerprint density at radius 3 is 1.77 bits per heavy atom. The molecule has 0 spiro atoms. The standard InChI is InChI=1S/C27H31FN4.C20H24N3.Ir/c1-20-8-12-26(13-9-20)31-18-29(21(2)23(31)4)16-6-7-17-30-19-32(24(5)22(30)3)27-14-10-25(28)11-15-27;1-19(2,3)16-17(20(4,5)6)23-13-12-21-15(18(23)22-16)14-10-8-7-9-11-14;/h8-12,14,18-19H,6-7,16-17H2,1-5H3;7-10,12-13H,1-6H3;/q-4;-1;. The summed E-state index contributed by atoms with van der Waals surface area (Å²) in [6, 6.07) is 28.5. The molecule has 0 N–H and O–H groups in total. The van der Waals surface area contributed by atoms with Crippen molar-refractivity contribution in [2.45, 2.75) is 99.8 Å². The van der Waals surface area contributed by atoms with Gasteiger partial charge in [-0.05, 0) is 65.0 Å². The fraction of sp³-hybridized carbons (Fsp3) is 0.362. The van der Waals surface area contributed by atoms with Crippen molar-refractivity contribution in [3.63, 3.8) is 0 Å². The minimum Gasteiger partial charge on any atom is -0.505 e. The zero-order chi connectivity index (χ0) is 39.7. The number of fused-ring (bicyclic) bond motifs is 1. The van der Waals surface area contributed by atoms with Crippen LogP contribution < -0.4 is 9.80 Å². The molecule has 4 heterocycles. The summed E-state index contributed by atoms with van der Waals surface area (Å²) >= 11 is 0. The van der Waals surface area contributed by atoms with Gasteiger partial charge in [0, 0.05) is 66.2 Å². The predicted molar refractivity (Wildman–Crippen MR) is 223 cm³/mol. The number of rotatable bonds is 8. The monoisotopic (exact) mass is 929 g/mol. The van der Waals surface area contributed by atoms with E-state index in [2.05, 4.69) is 149 Å². The Bertz CT molecular complexity index is 2070. The number of halogens is 1. The number of allylic oxidation sites excluding steroid dienone is 4. The molecule has 0 saturated carbocycles. The van der Waals surface area contributed by atoms with Crippen molar-refractivity contribution >= 4 is 17.0 Å². The molecule has 3 aromatic carbocycles. The summed E-state index contributed by atoms with van der Waals surface area (Å²) in [6.45, 7) is 30.2. The first-order valence-corrected chi connectivity index (χ1v) is 19.2. The molecule has 9 heteroatoms. The smallest absolute Gasteiger partial charge is 0.120 e. The van der Waals surface area contributed by atoms with Crippen LogP contribution in [-0.4, -0.2) is 37.3 Å². The van der Waals surface area contributed by atoms with E-state index >= 15 is 0 Å². The van der Waals surface area contributed by atoms with E-state index in [9.17, 15) is 4.39 Å². The molecule has 1 radical (unpaired) electrons. The first-order chi connectivity index (χ1) is 26.0. The van der Waals surface area contributed by atoms with Gasteiger partial charge in [0.2, 0.25) is 0 Å². The van der Waals surface area contributed by atoms with E-state index < -0.39 is 0 Å². The molecule has 56 heavy (non-hydrogen) atoms. The molecule has 0 atom stereocenters. The van der Waals surface area contributed by atoms with E-state index in [4.69, 9.17) is 4.98 Å². The molecule has 299 valence electrons. The largest absolute Gasteiger partial charge is 0.505 e. The summed E-state index contributed by atoms with van der Waals surface area (Å²) in [6.07, 6.45) is 6.04. The maximum atomic E-state index is 13.2. The number of anilines is 2. The van der Waals surface area contributed by atoms with E-state index in [1.165, 1.54) is 40.5 Å². The second-order valence-electron chi connectivity index (χ2n) is 16.6. The molecular weight excluding hydrogens is 874 g/mol. The number of unbranched alkanes of at least 4 members (excludes halogenated alkanes) is 1. The van der Waals surface area contributed by atoms with Gasteiger partial charge in [0.1, 0.15) is 5.65 Å². The van der Waals surface area contributed by atoms with Crippen LogP contribution in [0.4, 0.5) is 15.8 Å². The Kier molecular flexibility index (Phi) is 13.2. The zero-order valence-corrected chi connectivity index (χ0v) is 37.1. The van der Waals surface area contributed by atoms with Gasteiger partial charge in [0.25, 0.3) is 0 Å². The molecular formula is C47H55FIrN7-5. The first kappa shape index (κ1) is 42.7. The van der Waals surface area contributed by atoms with Crippen molar-refractivity contribution in [1.82, 2.24) is 24.2 Å². The molecule has 0 unspecified atom stereocenters. The Hall–Kier alpha value is -4.46. The van der Waals surface area contributed by atoms with Gasteiger partial charge in [-0.1, -0.05) is 48.5 Å². The van der Waals surface area contributed by atoms with Crippen molar-refractivity contribution in [3.05, 3.63) is 150 Å². The molecule has 2 aliphatic rings. The Labute approximate surface area is 348 Å². The summed E-state index contributed by atoms with van der Waals surface area (Å²) in [5.74, 6) is -0.264. The Balaban J connectivity index is 0.000000222. The molecule has 2 aliphatic heterocycles. The fourth-order valence-corrected chi connectivity index (χ4v) is 7.03. The minimum atomic E-state index is -0.264. The van der Waals surface area contributed by atoms with E-state index in [-0.39, 0.29) is 36.8 Å². The third-order valence-electron chi connectivity index (χ3n) is 10.3. The van der Waals surface area contributed by atoms with Gasteiger partial charge in [-0.2, -0.15) is 43.2 Å². The summed E-state index contributed by atoms with van der Waals surface area (Å²) in [5.41, 5.74) is 13.2. The van der Waals surface area contributed by atoms with E-state index in [1.54, 1.807) is 6.07 Å². The van der Waals surface area contributed by atoms with Crippen molar-refractivity contribution in [1.29, 1.82) is 0 Å². The van der Waals surface area contributed by atoms with Crippen LogP contribution in [0.3, 0.4) is 0 Å². The van der Waals surface area contributed by atoms with Crippen LogP contribution in [0.15, 0.2) is 95.8 Å². The summed E-state index contributed by atoms with van der Waals surface area (Å²) < 4.78 is 15.4. The second-order valence-corrected chi connectivity index (χ2v) is 16.6. The number of aryl methyl sites for hydroxylation is 1. The second kappa shape index (κ2) is 17.4. The molecule has 0 bridgehead atoms. The SMILES string of the molecule is CC(C)(C)c1nc2c(-c3[c-]cccc3)nccn2c1C(C)(C)C.CC1=C(C)N(c2[c-]cc(C)cc2)[CH-]N1CCCCN1[CH-]N(c2[c-]cc(F)cc2)C(C)=C1C.[Ir]. The Morgan fingerprint density at radius 1 is 0.696 bits per heavy atom. The van der Waals surface area contributed by atoms with Crippen molar-refractivity contribution in [2.24, 2.45) is 0 Å². The van der Waals surface area contributed by atoms with Gasteiger partial charge < -0.3 is 24.0 Å². The number of aromatic nitrogens is 3. The van der Waals surface area contributed by atoms with E-state index in [0.717, 1.165) is 65.6 Å². The van der Waals surface area contributed by atoms with Crippen LogP contribution in [0.1, 0.15) is 99.0 Å². The summed E-state index contributed by atoms with van der Waals surface area (Å²) in [7, 11) is 0. The maximum absolute atomic E-state index is 13.2. The third kappa shape index (κ3) is 9.22. The molecule has 7 rings (SSSR count). The average molecular weight is 929 g/mol. The van der Waals surface area contributed by atoms with Crippen LogP contribution in [0, 0.1) is 44.3 Å². The quantitative estimate of drug-likeness (QED) is 0.114. The molecule has 7 nitrogen and oxygen atoms in total. The van der Waals surface area contributed by atoms with Gasteiger partial charge in [-0.25, -0.2) is 4.98 Å². The molecule has 5 aromatic rings. The van der Waals surface area contributed by atoms with Crippen molar-refractivity contribution in [2.75, 3.05) is 22.9 Å². The number of nitrogens with zero attached hydrogens (tertiary/aromatic N) is 7. The maximum Gasteiger partial charge on any atom is 0.120 e. The summed E-state index contributed by atoms with van der Waals surface area (Å²) in [4.78, 5) is 18.5. The molecule has 0 amide bonds. The van der Waals surface area contributed by atoms with Crippen LogP contribution in [0.2, 0.25) is 0 Å². The number of hydrogen-bond acceptors (Lipinski definition) is 6. The average Bonchev–Trinajstić information content (AvgIpc) is 3.79. The van der Waals surface area contributed by atoms with Gasteiger partial charge in [-0.15, -0.1) is 71.5 Å². The van der Waals surface area contributed by atoms with Crippen molar-refractivity contribution < 1.29 is 24.5 Å². The van der Waals surface area contributed by atoms with E-state index in [1.807, 2.05) is 42.7 Å². The van der Waals surface area contributed by atoms with Gasteiger partial charge in [-0.3, -0.25) is 9.37 Å². The third-order valence-corrected chi connectivity index (χ3v) is 10.3. The van der Waals surface area contributed by atoms with Crippen LogP contribution in [0.25, 0.3) is 16.9 Å².